The van der Waals surface area contributed by atoms with Crippen LogP contribution in [0.25, 0.3) is 10.9 Å². The Kier molecular flexibility index (Phi) is 5.65. The average Bonchev–Trinajstić information content (AvgIpc) is 3.47. The van der Waals surface area contributed by atoms with Crippen molar-refractivity contribution in [3.63, 3.8) is 0 Å². The molecule has 7 rings (SSSR count). The van der Waals surface area contributed by atoms with Crippen molar-refractivity contribution in [2.24, 2.45) is 0 Å². The summed E-state index contributed by atoms with van der Waals surface area (Å²) < 4.78 is 6.51. The second-order valence-corrected chi connectivity index (χ2v) is 11.0. The zero-order valence-electron chi connectivity index (χ0n) is 21.1. The summed E-state index contributed by atoms with van der Waals surface area (Å²) in [4.78, 5) is 45.5. The lowest BCUT2D eigenvalue weighted by atomic mass is 9.88. The largest absolute Gasteiger partial charge is 0.489 e. The minimum Gasteiger partial charge on any atom is -0.489 e. The first-order chi connectivity index (χ1) is 18.5. The molecule has 1 unspecified atom stereocenters. The highest BCUT2D eigenvalue weighted by Gasteiger charge is 2.42. The van der Waals surface area contributed by atoms with Gasteiger partial charge in [0.2, 0.25) is 11.8 Å². The predicted octanol–water partition coefficient (Wildman–Crippen LogP) is 3.40. The van der Waals surface area contributed by atoms with E-state index in [9.17, 15) is 14.4 Å². The van der Waals surface area contributed by atoms with Crippen LogP contribution in [0.2, 0.25) is 0 Å². The second-order valence-electron chi connectivity index (χ2n) is 11.0. The molecular weight excluding hydrogens is 480 g/mol. The maximum absolute atomic E-state index is 13.0. The zero-order chi connectivity index (χ0) is 25.8. The highest BCUT2D eigenvalue weighted by molar-refractivity contribution is 6.05. The van der Waals surface area contributed by atoms with Gasteiger partial charge >= 0.3 is 0 Å². The van der Waals surface area contributed by atoms with E-state index in [1.807, 2.05) is 30.5 Å². The van der Waals surface area contributed by atoms with Gasteiger partial charge in [-0.2, -0.15) is 0 Å². The lowest BCUT2D eigenvalue weighted by Crippen LogP contribution is -2.54. The Bertz CT molecular complexity index is 1450. The first-order valence-electron chi connectivity index (χ1n) is 13.6. The Morgan fingerprint density at radius 3 is 2.74 bits per heavy atom. The number of fused-ring (bicyclic) bond motifs is 2. The number of imide groups is 1. The van der Waals surface area contributed by atoms with Gasteiger partial charge in [-0.3, -0.25) is 29.6 Å². The van der Waals surface area contributed by atoms with Crippen molar-refractivity contribution in [1.29, 1.82) is 0 Å². The van der Waals surface area contributed by atoms with E-state index in [2.05, 4.69) is 39.5 Å². The normalized spacial score (nSPS) is 25.9. The van der Waals surface area contributed by atoms with Gasteiger partial charge in [0.25, 0.3) is 5.91 Å². The molecule has 1 aliphatic carbocycles. The summed E-state index contributed by atoms with van der Waals surface area (Å²) in [5.41, 5.74) is 3.89. The number of piperidine rings is 1. The number of likely N-dealkylation sites (tertiary alicyclic amines) is 1. The van der Waals surface area contributed by atoms with Crippen LogP contribution in [0.3, 0.4) is 0 Å². The lowest BCUT2D eigenvalue weighted by Gasteiger charge is -2.45. The van der Waals surface area contributed by atoms with Crippen molar-refractivity contribution in [2.75, 3.05) is 13.1 Å². The van der Waals surface area contributed by atoms with E-state index >= 15 is 0 Å². The number of rotatable bonds is 5. The number of nitrogens with one attached hydrogen (secondary N) is 1. The molecule has 4 aliphatic rings. The fraction of sp³-hybridized carbons (Fsp3) is 0.400. The summed E-state index contributed by atoms with van der Waals surface area (Å²) >= 11 is 0. The van der Waals surface area contributed by atoms with Crippen molar-refractivity contribution in [1.82, 2.24) is 20.1 Å². The van der Waals surface area contributed by atoms with Gasteiger partial charge in [0.15, 0.2) is 0 Å². The third kappa shape index (κ3) is 4.04. The quantitative estimate of drug-likeness (QED) is 0.529. The van der Waals surface area contributed by atoms with E-state index in [0.717, 1.165) is 49.2 Å². The Hall–Kier alpha value is -3.78. The molecule has 1 saturated carbocycles. The molecule has 2 aromatic carbocycles. The van der Waals surface area contributed by atoms with Crippen molar-refractivity contribution >= 4 is 28.6 Å². The summed E-state index contributed by atoms with van der Waals surface area (Å²) in [7, 11) is 0. The van der Waals surface area contributed by atoms with E-state index in [0.29, 0.717) is 30.5 Å². The van der Waals surface area contributed by atoms with Crippen LogP contribution in [-0.2, 0) is 16.1 Å². The number of aromatic nitrogens is 1. The summed E-state index contributed by atoms with van der Waals surface area (Å²) in [6.45, 7) is 2.42. The molecule has 3 atom stereocenters. The van der Waals surface area contributed by atoms with Gasteiger partial charge in [-0.15, -0.1) is 0 Å². The summed E-state index contributed by atoms with van der Waals surface area (Å²) in [5.74, 6) is 0.471. The minimum atomic E-state index is -0.603. The molecule has 0 bridgehead atoms. The fourth-order valence-corrected chi connectivity index (χ4v) is 6.59. The van der Waals surface area contributed by atoms with Gasteiger partial charge in [0.05, 0.1) is 5.52 Å². The number of benzene rings is 2. The van der Waals surface area contributed by atoms with Crippen LogP contribution in [0.15, 0.2) is 54.7 Å². The molecule has 1 N–H and O–H groups in total. The molecule has 0 radical (unpaired) electrons. The number of pyridine rings is 1. The fourth-order valence-electron chi connectivity index (χ4n) is 6.59. The number of hydrogen-bond donors (Lipinski definition) is 1. The van der Waals surface area contributed by atoms with Crippen LogP contribution >= 0.6 is 0 Å². The Labute approximate surface area is 221 Å². The molecule has 38 heavy (non-hydrogen) atoms. The van der Waals surface area contributed by atoms with Crippen LogP contribution in [0.1, 0.15) is 59.5 Å². The van der Waals surface area contributed by atoms with Crippen LogP contribution < -0.4 is 10.1 Å². The Balaban J connectivity index is 1.00. The molecule has 8 heteroatoms. The standard InChI is InChI=1S/C30H30N4O4/c35-28-11-10-26(29(36)32-28)34-17-20-13-22(8-9-23(20)30(34)37)38-27-5-1-4-25(27)33-15-21(16-33)19-7-6-18-3-2-12-31-24(18)14-19/h2-3,6-9,12-14,21,25-27H,1,4-5,10-11,15-17H2,(H,32,35,36)/t25-,26?,27+/m0/s1. The van der Waals surface area contributed by atoms with Gasteiger partial charge in [-0.1, -0.05) is 18.2 Å². The van der Waals surface area contributed by atoms with Gasteiger partial charge in [0.1, 0.15) is 17.9 Å². The number of carbonyl (C=O) groups excluding carboxylic acids is 3. The second kappa shape index (κ2) is 9.20. The third-order valence-electron chi connectivity index (χ3n) is 8.68. The van der Waals surface area contributed by atoms with Crippen molar-refractivity contribution < 1.29 is 19.1 Å². The molecule has 0 spiro atoms. The summed E-state index contributed by atoms with van der Waals surface area (Å²) in [6.07, 6.45) is 5.88. The van der Waals surface area contributed by atoms with Crippen LogP contribution in [-0.4, -0.2) is 63.8 Å². The molecule has 2 saturated heterocycles. The highest BCUT2D eigenvalue weighted by Crippen LogP contribution is 2.37. The van der Waals surface area contributed by atoms with Gasteiger partial charge in [-0.25, -0.2) is 0 Å². The zero-order valence-corrected chi connectivity index (χ0v) is 21.1. The molecule has 1 aromatic heterocycles. The molecule has 3 aromatic rings. The van der Waals surface area contributed by atoms with E-state index in [1.54, 1.807) is 4.90 Å². The molecular formula is C30H30N4O4. The van der Waals surface area contributed by atoms with Crippen LogP contribution in [0.5, 0.6) is 5.75 Å². The van der Waals surface area contributed by atoms with E-state index in [4.69, 9.17) is 4.74 Å². The van der Waals surface area contributed by atoms with E-state index in [1.165, 1.54) is 10.9 Å². The number of nitrogens with zero attached hydrogens (tertiary/aromatic N) is 3. The maximum Gasteiger partial charge on any atom is 0.255 e. The third-order valence-corrected chi connectivity index (χ3v) is 8.68. The average molecular weight is 511 g/mol. The van der Waals surface area contributed by atoms with Crippen molar-refractivity contribution in [2.45, 2.75) is 62.8 Å². The number of amides is 3. The predicted molar refractivity (Wildman–Crippen MR) is 141 cm³/mol. The van der Waals surface area contributed by atoms with Crippen LogP contribution in [0, 0.1) is 0 Å². The Morgan fingerprint density at radius 1 is 0.974 bits per heavy atom. The maximum atomic E-state index is 13.0. The SMILES string of the molecule is O=C1CCC(N2Cc3cc(O[C@@H]4CCC[C@@H]4N4CC(c5ccc6cccnc6c5)C4)ccc3C2=O)C(=O)N1. The molecule has 3 fully saturated rings. The summed E-state index contributed by atoms with van der Waals surface area (Å²) in [6, 6.07) is 16.1. The Morgan fingerprint density at radius 2 is 1.87 bits per heavy atom. The smallest absolute Gasteiger partial charge is 0.255 e. The number of hydrogen-bond acceptors (Lipinski definition) is 6. The topological polar surface area (TPSA) is 91.8 Å². The van der Waals surface area contributed by atoms with Crippen LogP contribution in [0.4, 0.5) is 0 Å². The first kappa shape index (κ1) is 23.3. The number of ether oxygens (including phenoxy) is 1. The van der Waals surface area contributed by atoms with Crippen molar-refractivity contribution in [3.05, 3.63) is 71.4 Å². The molecule has 3 aliphatic heterocycles. The van der Waals surface area contributed by atoms with E-state index in [-0.39, 0.29) is 30.2 Å². The molecule has 3 amide bonds. The molecule has 194 valence electrons. The number of carbonyl (C=O) groups is 3. The monoisotopic (exact) mass is 510 g/mol. The van der Waals surface area contributed by atoms with Gasteiger partial charge in [0, 0.05) is 55.2 Å². The lowest BCUT2D eigenvalue weighted by molar-refractivity contribution is -0.136. The first-order valence-corrected chi connectivity index (χ1v) is 13.6. The molecule has 4 heterocycles. The summed E-state index contributed by atoms with van der Waals surface area (Å²) in [5, 5.41) is 3.53. The van der Waals surface area contributed by atoms with Gasteiger partial charge in [-0.05, 0) is 67.1 Å². The highest BCUT2D eigenvalue weighted by atomic mass is 16.5. The van der Waals surface area contributed by atoms with Gasteiger partial charge < -0.3 is 9.64 Å². The molecule has 8 nitrogen and oxygen atoms in total. The van der Waals surface area contributed by atoms with E-state index < -0.39 is 6.04 Å². The van der Waals surface area contributed by atoms with Crippen molar-refractivity contribution in [3.8, 4) is 5.75 Å². The minimum absolute atomic E-state index is 0.121.